The number of halogens is 1. The topological polar surface area (TPSA) is 118 Å². The van der Waals surface area contributed by atoms with Crippen LogP contribution < -0.4 is 4.90 Å². The molecule has 0 radical (unpaired) electrons. The zero-order chi connectivity index (χ0) is 25.7. The first kappa shape index (κ1) is 24.3. The van der Waals surface area contributed by atoms with E-state index in [-0.39, 0.29) is 21.7 Å². The monoisotopic (exact) mass is 498 g/mol. The van der Waals surface area contributed by atoms with Crippen molar-refractivity contribution in [3.05, 3.63) is 77.5 Å². The van der Waals surface area contributed by atoms with Gasteiger partial charge in [-0.3, -0.25) is 14.5 Å². The smallest absolute Gasteiger partial charge is 0.294 e. The average Bonchev–Trinajstić information content (AvgIpc) is 3.39. The summed E-state index contributed by atoms with van der Waals surface area (Å²) >= 11 is 0. The lowest BCUT2D eigenvalue weighted by atomic mass is 9.82. The SMILES string of the molecule is CC(C)(C)C(=O)C1=C(O)C(=O)N(c2ccc(-c3ccon3)cc2)C1c1cc(F)ccc1S(C)(=O)=O. The van der Waals surface area contributed by atoms with Gasteiger partial charge in [0.25, 0.3) is 5.91 Å². The number of Topliss-reactive ketones (excluding diaryl/α,β-unsaturated/α-hetero) is 1. The highest BCUT2D eigenvalue weighted by Crippen LogP contribution is 2.45. The molecule has 0 bridgehead atoms. The summed E-state index contributed by atoms with van der Waals surface area (Å²) in [6.45, 7) is 4.82. The van der Waals surface area contributed by atoms with Gasteiger partial charge in [-0.15, -0.1) is 0 Å². The number of nitrogens with zero attached hydrogens (tertiary/aromatic N) is 2. The number of hydrogen-bond acceptors (Lipinski definition) is 7. The fourth-order valence-electron chi connectivity index (χ4n) is 4.03. The molecule has 1 atom stereocenters. The molecule has 2 heterocycles. The molecule has 8 nitrogen and oxygen atoms in total. The lowest BCUT2D eigenvalue weighted by molar-refractivity contribution is -0.123. The molecular weight excluding hydrogens is 475 g/mol. The predicted molar refractivity (Wildman–Crippen MR) is 126 cm³/mol. The van der Waals surface area contributed by atoms with Gasteiger partial charge in [0.1, 0.15) is 17.8 Å². The average molecular weight is 499 g/mol. The number of ketones is 1. The van der Waals surface area contributed by atoms with E-state index in [1.807, 2.05) is 0 Å². The van der Waals surface area contributed by atoms with Gasteiger partial charge in [0.15, 0.2) is 21.4 Å². The summed E-state index contributed by atoms with van der Waals surface area (Å²) in [6.07, 6.45) is 2.36. The minimum atomic E-state index is -3.89. The fraction of sp³-hybridized carbons (Fsp3) is 0.240. The molecule has 1 aliphatic heterocycles. The maximum Gasteiger partial charge on any atom is 0.294 e. The van der Waals surface area contributed by atoms with Crippen LogP contribution in [0.2, 0.25) is 0 Å². The summed E-state index contributed by atoms with van der Waals surface area (Å²) in [5.74, 6) is -3.03. The number of sulfone groups is 1. The van der Waals surface area contributed by atoms with Crippen LogP contribution in [0.3, 0.4) is 0 Å². The van der Waals surface area contributed by atoms with Gasteiger partial charge in [0.2, 0.25) is 0 Å². The van der Waals surface area contributed by atoms with Crippen LogP contribution in [-0.4, -0.2) is 36.6 Å². The van der Waals surface area contributed by atoms with Gasteiger partial charge < -0.3 is 9.63 Å². The van der Waals surface area contributed by atoms with Crippen LogP contribution >= 0.6 is 0 Å². The molecule has 0 fully saturated rings. The molecule has 1 aromatic heterocycles. The Hall–Kier alpha value is -3.79. The molecule has 3 aromatic rings. The second kappa shape index (κ2) is 8.46. The standard InChI is InChI=1S/C25H23FN2O6S/c1-25(2,3)23(30)20-21(17-13-15(26)7-10-19(17)35(4,32)33)28(24(31)22(20)29)16-8-5-14(6-9-16)18-11-12-34-27-18/h5-13,21,29H,1-4H3. The maximum absolute atomic E-state index is 14.4. The van der Waals surface area contributed by atoms with Crippen molar-refractivity contribution >= 4 is 27.2 Å². The lowest BCUT2D eigenvalue weighted by Crippen LogP contribution is -2.33. The molecule has 0 saturated heterocycles. The molecule has 35 heavy (non-hydrogen) atoms. The van der Waals surface area contributed by atoms with Gasteiger partial charge in [0, 0.05) is 34.6 Å². The molecule has 4 rings (SSSR count). The van der Waals surface area contributed by atoms with Crippen molar-refractivity contribution in [1.29, 1.82) is 0 Å². The second-order valence-corrected chi connectivity index (χ2v) is 11.3. The molecule has 1 N–H and O–H groups in total. The first-order valence-corrected chi connectivity index (χ1v) is 12.5. The first-order chi connectivity index (χ1) is 16.3. The Bertz CT molecular complexity index is 1450. The van der Waals surface area contributed by atoms with Crippen molar-refractivity contribution in [1.82, 2.24) is 5.16 Å². The van der Waals surface area contributed by atoms with Crippen LogP contribution in [0.5, 0.6) is 0 Å². The Labute approximate surface area is 201 Å². The van der Waals surface area contributed by atoms with Crippen LogP contribution in [0.15, 0.2) is 75.5 Å². The van der Waals surface area contributed by atoms with Gasteiger partial charge >= 0.3 is 0 Å². The fourth-order valence-corrected chi connectivity index (χ4v) is 4.94. The normalized spacial score (nSPS) is 16.8. The number of aliphatic hydroxyl groups is 1. The number of benzene rings is 2. The first-order valence-electron chi connectivity index (χ1n) is 10.6. The molecule has 0 spiro atoms. The number of aromatic nitrogens is 1. The molecule has 1 aliphatic rings. The largest absolute Gasteiger partial charge is 0.503 e. The number of carbonyl (C=O) groups excluding carboxylic acids is 2. The van der Waals surface area contributed by atoms with Crippen LogP contribution in [0.25, 0.3) is 11.3 Å². The Morgan fingerprint density at radius 2 is 1.77 bits per heavy atom. The highest BCUT2D eigenvalue weighted by atomic mass is 32.2. The molecule has 1 amide bonds. The molecule has 2 aromatic carbocycles. The third-order valence-electron chi connectivity index (χ3n) is 5.68. The molecule has 182 valence electrons. The highest BCUT2D eigenvalue weighted by molar-refractivity contribution is 7.90. The summed E-state index contributed by atoms with van der Waals surface area (Å²) in [7, 11) is -3.89. The number of rotatable bonds is 5. The summed E-state index contributed by atoms with van der Waals surface area (Å²) in [6, 6.07) is 9.76. The molecule has 10 heteroatoms. The molecule has 0 saturated carbocycles. The van der Waals surface area contributed by atoms with Gasteiger partial charge in [-0.1, -0.05) is 38.1 Å². The maximum atomic E-state index is 14.4. The molecule has 0 aliphatic carbocycles. The van der Waals surface area contributed by atoms with E-state index in [9.17, 15) is 27.5 Å². The summed E-state index contributed by atoms with van der Waals surface area (Å²) < 4.78 is 44.4. The Morgan fingerprint density at radius 1 is 1.11 bits per heavy atom. The highest BCUT2D eigenvalue weighted by Gasteiger charge is 2.48. The number of amides is 1. The van der Waals surface area contributed by atoms with Gasteiger partial charge in [-0.25, -0.2) is 12.8 Å². The van der Waals surface area contributed by atoms with Crippen molar-refractivity contribution in [2.24, 2.45) is 5.41 Å². The number of anilines is 1. The number of aliphatic hydroxyl groups excluding tert-OH is 1. The minimum absolute atomic E-state index is 0.127. The van der Waals surface area contributed by atoms with Crippen molar-refractivity contribution in [2.75, 3.05) is 11.2 Å². The minimum Gasteiger partial charge on any atom is -0.503 e. The molecular formula is C25H23FN2O6S. The van der Waals surface area contributed by atoms with E-state index in [1.54, 1.807) is 51.1 Å². The van der Waals surface area contributed by atoms with Crippen molar-refractivity contribution < 1.29 is 32.0 Å². The lowest BCUT2D eigenvalue weighted by Gasteiger charge is -2.30. The van der Waals surface area contributed by atoms with E-state index in [1.165, 1.54) is 6.26 Å². The van der Waals surface area contributed by atoms with E-state index in [0.29, 0.717) is 11.3 Å². The Kier molecular flexibility index (Phi) is 5.88. The van der Waals surface area contributed by atoms with E-state index in [2.05, 4.69) is 5.16 Å². The van der Waals surface area contributed by atoms with Gasteiger partial charge in [-0.2, -0.15) is 0 Å². The van der Waals surface area contributed by atoms with Crippen LogP contribution in [0.4, 0.5) is 10.1 Å². The van der Waals surface area contributed by atoms with Crippen molar-refractivity contribution in [3.8, 4) is 11.3 Å². The van der Waals surface area contributed by atoms with E-state index < -0.39 is 44.6 Å². The Balaban J connectivity index is 1.95. The van der Waals surface area contributed by atoms with E-state index in [0.717, 1.165) is 29.4 Å². The van der Waals surface area contributed by atoms with Crippen molar-refractivity contribution in [3.63, 3.8) is 0 Å². The van der Waals surface area contributed by atoms with Crippen LogP contribution in [0.1, 0.15) is 32.4 Å². The summed E-state index contributed by atoms with van der Waals surface area (Å²) in [5.41, 5.74) is 0.0509. The van der Waals surface area contributed by atoms with Gasteiger partial charge in [-0.05, 0) is 30.3 Å². The zero-order valence-electron chi connectivity index (χ0n) is 19.4. The number of hydrogen-bond donors (Lipinski definition) is 1. The van der Waals surface area contributed by atoms with Crippen LogP contribution in [-0.2, 0) is 19.4 Å². The zero-order valence-corrected chi connectivity index (χ0v) is 20.3. The molecule has 1 unspecified atom stereocenters. The second-order valence-electron chi connectivity index (χ2n) is 9.30. The third-order valence-corrected chi connectivity index (χ3v) is 6.85. The number of carbonyl (C=O) groups is 2. The van der Waals surface area contributed by atoms with Gasteiger partial charge in [0.05, 0.1) is 16.5 Å². The van der Waals surface area contributed by atoms with Crippen molar-refractivity contribution in [2.45, 2.75) is 31.7 Å². The third kappa shape index (κ3) is 4.37. The van der Waals surface area contributed by atoms with E-state index in [4.69, 9.17) is 4.52 Å². The predicted octanol–water partition coefficient (Wildman–Crippen LogP) is 4.40. The summed E-state index contributed by atoms with van der Waals surface area (Å²) in [4.78, 5) is 27.5. The quantitative estimate of drug-likeness (QED) is 0.518. The summed E-state index contributed by atoms with van der Waals surface area (Å²) in [5, 5.41) is 14.7. The Morgan fingerprint density at radius 3 is 2.31 bits per heavy atom. The van der Waals surface area contributed by atoms with Crippen LogP contribution in [0, 0.1) is 11.2 Å². The van der Waals surface area contributed by atoms with E-state index >= 15 is 0 Å².